The van der Waals surface area contributed by atoms with E-state index < -0.39 is 0 Å². The minimum absolute atomic E-state index is 0.615. The van der Waals surface area contributed by atoms with E-state index in [1.54, 1.807) is 33.5 Å². The molecule has 0 N–H and O–H groups in total. The average molecular weight is 326 g/mol. The van der Waals surface area contributed by atoms with Gasteiger partial charge in [0.1, 0.15) is 5.92 Å². The van der Waals surface area contributed by atoms with Crippen molar-refractivity contribution in [1.82, 2.24) is 0 Å². The second-order valence-corrected chi connectivity index (χ2v) is 9.03. The first kappa shape index (κ1) is 13.3. The molecular weight excluding hydrogens is 302 g/mol. The molecule has 8 rings (SSSR count). The quantitative estimate of drug-likeness (QED) is 0.631. The van der Waals surface area contributed by atoms with E-state index in [0.717, 1.165) is 17.8 Å². The minimum Gasteiger partial charge on any atom is -0.227 e. The van der Waals surface area contributed by atoms with Crippen LogP contribution < -0.4 is 0 Å². The number of rotatable bonds is 1. The fourth-order valence-corrected chi connectivity index (χ4v) is 6.98. The Kier molecular flexibility index (Phi) is 2.37. The van der Waals surface area contributed by atoms with Crippen LogP contribution in [0.5, 0.6) is 0 Å². The summed E-state index contributed by atoms with van der Waals surface area (Å²) in [6, 6.07) is 17.5. The summed E-state index contributed by atoms with van der Waals surface area (Å²) in [5.41, 5.74) is 10.0. The van der Waals surface area contributed by atoms with Gasteiger partial charge in [0, 0.05) is 12.0 Å². The van der Waals surface area contributed by atoms with Gasteiger partial charge in [0.25, 0.3) is 0 Å². The van der Waals surface area contributed by atoms with Gasteiger partial charge >= 0.3 is 0 Å². The van der Waals surface area contributed by atoms with Gasteiger partial charge in [-0.1, -0.05) is 42.5 Å². The van der Waals surface area contributed by atoms with Crippen molar-refractivity contribution >= 4 is 5.71 Å². The Balaban J connectivity index is 1.37. The van der Waals surface area contributed by atoms with E-state index in [0.29, 0.717) is 12.0 Å². The molecule has 0 spiro atoms. The standard InChI is InChI=1S/C24H24N/c1-2-4-20-18(3-1)17-12-22-23(24(20)25(22)13-17)16-9-10-19-14-5-7-15(8-6-14)21(19)11-16/h1-4,9-11,14-15,17,23-24H,5-8,12-13H2/q+1. The summed E-state index contributed by atoms with van der Waals surface area (Å²) in [6.07, 6.45) is 7.03. The highest BCUT2D eigenvalue weighted by Gasteiger charge is 2.60. The zero-order valence-electron chi connectivity index (χ0n) is 14.6. The molecule has 124 valence electrons. The van der Waals surface area contributed by atoms with Crippen LogP contribution >= 0.6 is 0 Å². The molecule has 25 heavy (non-hydrogen) atoms. The minimum atomic E-state index is 0.615. The molecule has 2 aromatic carbocycles. The van der Waals surface area contributed by atoms with E-state index in [-0.39, 0.29) is 0 Å². The zero-order chi connectivity index (χ0) is 16.1. The molecule has 3 heterocycles. The third-order valence-corrected chi connectivity index (χ3v) is 8.08. The molecule has 2 aromatic rings. The predicted molar refractivity (Wildman–Crippen MR) is 99.8 cm³/mol. The molecule has 1 saturated carbocycles. The largest absolute Gasteiger partial charge is 0.227 e. The van der Waals surface area contributed by atoms with Gasteiger partial charge in [-0.3, -0.25) is 0 Å². The molecular formula is C24H24N+. The molecule has 0 radical (unpaired) electrons. The molecule has 3 aliphatic heterocycles. The van der Waals surface area contributed by atoms with Crippen LogP contribution in [0.15, 0.2) is 42.5 Å². The molecule has 6 aliphatic rings. The van der Waals surface area contributed by atoms with Crippen LogP contribution in [0.25, 0.3) is 0 Å². The van der Waals surface area contributed by atoms with Gasteiger partial charge < -0.3 is 0 Å². The summed E-state index contributed by atoms with van der Waals surface area (Å²) in [4.78, 5) is 0. The van der Waals surface area contributed by atoms with Crippen molar-refractivity contribution in [2.24, 2.45) is 0 Å². The molecule has 0 amide bonds. The van der Waals surface area contributed by atoms with Crippen LogP contribution in [0.3, 0.4) is 0 Å². The van der Waals surface area contributed by atoms with Gasteiger partial charge in [-0.05, 0) is 59.8 Å². The first-order valence-electron chi connectivity index (χ1n) is 10.2. The smallest absolute Gasteiger partial charge is 0.194 e. The van der Waals surface area contributed by atoms with Gasteiger partial charge in [-0.15, -0.1) is 0 Å². The first-order chi connectivity index (χ1) is 12.4. The summed E-state index contributed by atoms with van der Waals surface area (Å²) in [5.74, 6) is 3.12. The molecule has 0 saturated heterocycles. The molecule has 4 bridgehead atoms. The van der Waals surface area contributed by atoms with Crippen LogP contribution in [0.2, 0.25) is 0 Å². The van der Waals surface area contributed by atoms with Crippen molar-refractivity contribution in [3.8, 4) is 0 Å². The fourth-order valence-electron chi connectivity index (χ4n) is 6.98. The summed E-state index contributed by atoms with van der Waals surface area (Å²) in [7, 11) is 0. The van der Waals surface area contributed by atoms with Gasteiger partial charge in [-0.2, -0.15) is 0 Å². The Morgan fingerprint density at radius 1 is 0.720 bits per heavy atom. The molecule has 3 atom stereocenters. The van der Waals surface area contributed by atoms with Crippen LogP contribution in [0.4, 0.5) is 0 Å². The molecule has 1 fully saturated rings. The van der Waals surface area contributed by atoms with Crippen molar-refractivity contribution < 1.29 is 4.58 Å². The molecule has 3 aliphatic carbocycles. The van der Waals surface area contributed by atoms with Crippen molar-refractivity contribution in [1.29, 1.82) is 0 Å². The van der Waals surface area contributed by atoms with Gasteiger partial charge in [0.2, 0.25) is 0 Å². The van der Waals surface area contributed by atoms with E-state index in [2.05, 4.69) is 47.0 Å². The highest BCUT2D eigenvalue weighted by atomic mass is 15.2. The zero-order valence-corrected chi connectivity index (χ0v) is 14.6. The van der Waals surface area contributed by atoms with Gasteiger partial charge in [0.05, 0.1) is 5.92 Å². The Labute approximate surface area is 149 Å². The predicted octanol–water partition coefficient (Wildman–Crippen LogP) is 5.23. The summed E-state index contributed by atoms with van der Waals surface area (Å²) < 4.78 is 2.73. The highest BCUT2D eigenvalue weighted by molar-refractivity contribution is 5.94. The third kappa shape index (κ3) is 1.54. The Morgan fingerprint density at radius 3 is 2.28 bits per heavy atom. The normalized spacial score (nSPS) is 36.1. The Bertz CT molecular complexity index is 944. The summed E-state index contributed by atoms with van der Waals surface area (Å²) >= 11 is 0. The average Bonchev–Trinajstić information content (AvgIpc) is 2.88. The van der Waals surface area contributed by atoms with Crippen LogP contribution in [0, 0.1) is 0 Å². The maximum Gasteiger partial charge on any atom is 0.194 e. The number of hydrogen-bond acceptors (Lipinski definition) is 0. The second kappa shape index (κ2) is 4.44. The maximum absolute atomic E-state index is 2.73. The number of hydrogen-bond donors (Lipinski definition) is 0. The van der Waals surface area contributed by atoms with Gasteiger partial charge in [-0.25, -0.2) is 4.58 Å². The summed E-state index contributed by atoms with van der Waals surface area (Å²) in [5, 5.41) is 0. The van der Waals surface area contributed by atoms with Crippen LogP contribution in [-0.4, -0.2) is 16.8 Å². The van der Waals surface area contributed by atoms with Crippen molar-refractivity contribution in [2.75, 3.05) is 6.54 Å². The van der Waals surface area contributed by atoms with Crippen molar-refractivity contribution in [2.45, 2.75) is 61.8 Å². The lowest BCUT2D eigenvalue weighted by Gasteiger charge is -2.40. The van der Waals surface area contributed by atoms with E-state index >= 15 is 0 Å². The lowest BCUT2D eigenvalue weighted by molar-refractivity contribution is -0.600. The fraction of sp³-hybridized carbons (Fsp3) is 0.458. The van der Waals surface area contributed by atoms with E-state index in [9.17, 15) is 0 Å². The number of fused-ring (bicyclic) bond motifs is 6. The second-order valence-electron chi connectivity index (χ2n) is 9.03. The van der Waals surface area contributed by atoms with E-state index in [1.807, 2.05) is 0 Å². The van der Waals surface area contributed by atoms with Crippen molar-refractivity contribution in [3.05, 3.63) is 70.3 Å². The third-order valence-electron chi connectivity index (χ3n) is 8.08. The molecule has 1 nitrogen and oxygen atoms in total. The van der Waals surface area contributed by atoms with Crippen LogP contribution in [0.1, 0.15) is 89.6 Å². The molecule has 3 unspecified atom stereocenters. The van der Waals surface area contributed by atoms with Crippen molar-refractivity contribution in [3.63, 3.8) is 0 Å². The Hall–Kier alpha value is -1.89. The Morgan fingerprint density at radius 2 is 1.44 bits per heavy atom. The molecule has 1 heteroatoms. The lowest BCUT2D eigenvalue weighted by Crippen LogP contribution is -2.43. The maximum atomic E-state index is 2.73. The van der Waals surface area contributed by atoms with E-state index in [1.165, 1.54) is 38.6 Å². The number of benzene rings is 2. The summed E-state index contributed by atoms with van der Waals surface area (Å²) in [6.45, 7) is 1.27. The SMILES string of the molecule is c1ccc2c(c1)C1CC3=[N+](C1)C2C3c1ccc2c(c1)C1CCC2CC1. The first-order valence-corrected chi connectivity index (χ1v) is 10.2. The highest BCUT2D eigenvalue weighted by Crippen LogP contribution is 2.56. The van der Waals surface area contributed by atoms with E-state index in [4.69, 9.17) is 0 Å². The van der Waals surface area contributed by atoms with Gasteiger partial charge in [0.15, 0.2) is 18.3 Å². The monoisotopic (exact) mass is 326 g/mol. The molecule has 0 aromatic heterocycles. The van der Waals surface area contributed by atoms with Crippen LogP contribution in [-0.2, 0) is 0 Å². The number of nitrogens with zero attached hydrogens (tertiary/aromatic N) is 1. The topological polar surface area (TPSA) is 3.01 Å². The lowest BCUT2D eigenvalue weighted by atomic mass is 9.66.